The molecule has 0 spiro atoms. The van der Waals surface area contributed by atoms with Crippen LogP contribution in [0.1, 0.15) is 30.9 Å². The lowest BCUT2D eigenvalue weighted by atomic mass is 10.0. The third kappa shape index (κ3) is 3.47. The van der Waals surface area contributed by atoms with Crippen LogP contribution in [0.25, 0.3) is 22.6 Å². The molecule has 0 atom stereocenters. The molecule has 3 nitrogen and oxygen atoms in total. The van der Waals surface area contributed by atoms with E-state index in [9.17, 15) is 0 Å². The van der Waals surface area contributed by atoms with E-state index in [1.807, 2.05) is 36.4 Å². The van der Waals surface area contributed by atoms with Crippen LogP contribution in [0.2, 0.25) is 0 Å². The van der Waals surface area contributed by atoms with Gasteiger partial charge in [-0.15, -0.1) is 0 Å². The highest BCUT2D eigenvalue weighted by atomic mass is 16.3. The number of benzene rings is 3. The van der Waals surface area contributed by atoms with Gasteiger partial charge in [-0.25, -0.2) is 4.98 Å². The molecule has 130 valence electrons. The molecule has 26 heavy (non-hydrogen) atoms. The van der Waals surface area contributed by atoms with Gasteiger partial charge in [-0.2, -0.15) is 0 Å². The minimum absolute atomic E-state index is 0.560. The molecule has 1 heterocycles. The molecule has 3 heteroatoms. The lowest BCUT2D eigenvalue weighted by Crippen LogP contribution is -2.00. The smallest absolute Gasteiger partial charge is 0.227 e. The minimum atomic E-state index is 0.560. The summed E-state index contributed by atoms with van der Waals surface area (Å²) in [5.74, 6) is 1.21. The first-order valence-corrected chi connectivity index (χ1v) is 8.98. The Balaban J connectivity index is 1.50. The Morgan fingerprint density at radius 3 is 2.50 bits per heavy atom. The van der Waals surface area contributed by atoms with Crippen LogP contribution in [0.3, 0.4) is 0 Å². The summed E-state index contributed by atoms with van der Waals surface area (Å²) in [5, 5.41) is 3.48. The Kier molecular flexibility index (Phi) is 4.44. The summed E-state index contributed by atoms with van der Waals surface area (Å²) in [5.41, 5.74) is 6.35. The van der Waals surface area contributed by atoms with E-state index in [1.165, 1.54) is 11.1 Å². The zero-order valence-electron chi connectivity index (χ0n) is 15.1. The number of fused-ring (bicyclic) bond motifs is 1. The van der Waals surface area contributed by atoms with E-state index in [-0.39, 0.29) is 0 Å². The van der Waals surface area contributed by atoms with Gasteiger partial charge in [-0.05, 0) is 47.4 Å². The molecule has 1 aromatic heterocycles. The summed E-state index contributed by atoms with van der Waals surface area (Å²) in [7, 11) is 0. The highest BCUT2D eigenvalue weighted by molar-refractivity contribution is 5.76. The van der Waals surface area contributed by atoms with E-state index < -0.39 is 0 Å². The van der Waals surface area contributed by atoms with Crippen LogP contribution in [-0.2, 0) is 6.54 Å². The van der Waals surface area contributed by atoms with E-state index in [0.717, 1.165) is 28.9 Å². The number of aromatic nitrogens is 1. The van der Waals surface area contributed by atoms with Crippen LogP contribution in [0.5, 0.6) is 0 Å². The number of hydrogen-bond acceptors (Lipinski definition) is 3. The normalized spacial score (nSPS) is 11.2. The number of anilines is 1. The Morgan fingerprint density at radius 2 is 1.73 bits per heavy atom. The molecule has 4 aromatic rings. The van der Waals surface area contributed by atoms with Gasteiger partial charge in [0.25, 0.3) is 0 Å². The molecule has 0 aliphatic heterocycles. The van der Waals surface area contributed by atoms with Crippen molar-refractivity contribution in [2.24, 2.45) is 0 Å². The van der Waals surface area contributed by atoms with Gasteiger partial charge in [0.05, 0.1) is 0 Å². The van der Waals surface area contributed by atoms with Gasteiger partial charge < -0.3 is 9.73 Å². The maximum Gasteiger partial charge on any atom is 0.227 e. The summed E-state index contributed by atoms with van der Waals surface area (Å²) in [6, 6.07) is 24.8. The summed E-state index contributed by atoms with van der Waals surface area (Å²) < 4.78 is 5.87. The summed E-state index contributed by atoms with van der Waals surface area (Å²) in [6.45, 7) is 5.21. The van der Waals surface area contributed by atoms with Crippen molar-refractivity contribution in [3.8, 4) is 11.5 Å². The van der Waals surface area contributed by atoms with Crippen molar-refractivity contribution < 1.29 is 4.42 Å². The van der Waals surface area contributed by atoms with Crippen LogP contribution in [0.15, 0.2) is 77.2 Å². The maximum atomic E-state index is 5.87. The summed E-state index contributed by atoms with van der Waals surface area (Å²) in [4.78, 5) is 4.57. The molecule has 0 amide bonds. The van der Waals surface area contributed by atoms with Crippen LogP contribution in [-0.4, -0.2) is 4.98 Å². The van der Waals surface area contributed by atoms with E-state index in [2.05, 4.69) is 60.5 Å². The first kappa shape index (κ1) is 16.4. The highest BCUT2D eigenvalue weighted by Crippen LogP contribution is 2.26. The van der Waals surface area contributed by atoms with Gasteiger partial charge in [-0.3, -0.25) is 0 Å². The van der Waals surface area contributed by atoms with Crippen molar-refractivity contribution in [2.45, 2.75) is 26.3 Å². The van der Waals surface area contributed by atoms with Crippen LogP contribution in [0.4, 0.5) is 5.69 Å². The van der Waals surface area contributed by atoms with Gasteiger partial charge in [-0.1, -0.05) is 56.3 Å². The molecular weight excluding hydrogens is 320 g/mol. The first-order valence-electron chi connectivity index (χ1n) is 8.98. The molecule has 0 saturated carbocycles. The largest absolute Gasteiger partial charge is 0.436 e. The number of nitrogens with zero attached hydrogens (tertiary/aromatic N) is 1. The molecular formula is C23H22N2O. The van der Waals surface area contributed by atoms with Crippen LogP contribution < -0.4 is 5.32 Å². The quantitative estimate of drug-likeness (QED) is 0.467. The van der Waals surface area contributed by atoms with E-state index in [0.29, 0.717) is 11.8 Å². The number of nitrogens with one attached hydrogen (secondary N) is 1. The van der Waals surface area contributed by atoms with Crippen molar-refractivity contribution in [3.63, 3.8) is 0 Å². The minimum Gasteiger partial charge on any atom is -0.436 e. The summed E-state index contributed by atoms with van der Waals surface area (Å²) in [6.07, 6.45) is 0. The molecule has 0 aliphatic carbocycles. The number of oxazole rings is 1. The molecule has 0 radical (unpaired) electrons. The fourth-order valence-corrected chi connectivity index (χ4v) is 2.98. The maximum absolute atomic E-state index is 5.87. The van der Waals surface area contributed by atoms with Crippen molar-refractivity contribution >= 4 is 16.8 Å². The third-order valence-electron chi connectivity index (χ3n) is 4.55. The molecule has 0 fully saturated rings. The predicted molar refractivity (Wildman–Crippen MR) is 107 cm³/mol. The van der Waals surface area contributed by atoms with Gasteiger partial charge in [0.15, 0.2) is 5.58 Å². The SMILES string of the molecule is CC(C)c1ccc(CNc2cccc(-c3nc4ccccc4o3)c2)cc1. The Hall–Kier alpha value is -3.07. The summed E-state index contributed by atoms with van der Waals surface area (Å²) >= 11 is 0. The fraction of sp³-hybridized carbons (Fsp3) is 0.174. The molecule has 0 unspecified atom stereocenters. The number of para-hydroxylation sites is 2. The predicted octanol–water partition coefficient (Wildman–Crippen LogP) is 6.23. The molecule has 4 rings (SSSR count). The zero-order valence-corrected chi connectivity index (χ0v) is 15.1. The third-order valence-corrected chi connectivity index (χ3v) is 4.55. The molecule has 0 saturated heterocycles. The van der Waals surface area contributed by atoms with Gasteiger partial charge in [0.2, 0.25) is 5.89 Å². The van der Waals surface area contributed by atoms with Crippen molar-refractivity contribution in [2.75, 3.05) is 5.32 Å². The van der Waals surface area contributed by atoms with Crippen molar-refractivity contribution in [1.29, 1.82) is 0 Å². The standard InChI is InChI=1S/C23H22N2O/c1-16(2)18-12-10-17(11-13-18)15-24-20-7-5-6-19(14-20)23-25-21-8-3-4-9-22(21)26-23/h3-14,16,24H,15H2,1-2H3. The Morgan fingerprint density at radius 1 is 0.923 bits per heavy atom. The molecule has 0 bridgehead atoms. The second-order valence-corrected chi connectivity index (χ2v) is 6.82. The highest BCUT2D eigenvalue weighted by Gasteiger charge is 2.08. The topological polar surface area (TPSA) is 38.1 Å². The second-order valence-electron chi connectivity index (χ2n) is 6.82. The monoisotopic (exact) mass is 342 g/mol. The van der Waals surface area contributed by atoms with Gasteiger partial charge in [0.1, 0.15) is 5.52 Å². The number of hydrogen-bond donors (Lipinski definition) is 1. The average molecular weight is 342 g/mol. The Labute approximate surface area is 153 Å². The van der Waals surface area contributed by atoms with Gasteiger partial charge >= 0.3 is 0 Å². The van der Waals surface area contributed by atoms with Crippen LogP contribution >= 0.6 is 0 Å². The van der Waals surface area contributed by atoms with E-state index >= 15 is 0 Å². The lowest BCUT2D eigenvalue weighted by molar-refractivity contribution is 0.620. The molecule has 0 aliphatic rings. The van der Waals surface area contributed by atoms with Crippen molar-refractivity contribution in [3.05, 3.63) is 83.9 Å². The second kappa shape index (κ2) is 7.04. The van der Waals surface area contributed by atoms with E-state index in [1.54, 1.807) is 0 Å². The Bertz CT molecular complexity index is 983. The average Bonchev–Trinajstić information content (AvgIpc) is 3.11. The van der Waals surface area contributed by atoms with Crippen LogP contribution in [0, 0.1) is 0 Å². The fourth-order valence-electron chi connectivity index (χ4n) is 2.98. The molecule has 3 aromatic carbocycles. The first-order chi connectivity index (χ1) is 12.7. The number of rotatable bonds is 5. The zero-order chi connectivity index (χ0) is 17.9. The van der Waals surface area contributed by atoms with E-state index in [4.69, 9.17) is 4.42 Å². The molecule has 1 N–H and O–H groups in total. The van der Waals surface area contributed by atoms with Crippen molar-refractivity contribution in [1.82, 2.24) is 4.98 Å². The lowest BCUT2D eigenvalue weighted by Gasteiger charge is -2.09. The van der Waals surface area contributed by atoms with Gasteiger partial charge in [0, 0.05) is 17.8 Å².